The normalized spacial score (nSPS) is 22.7. The Morgan fingerprint density at radius 1 is 1.17 bits per heavy atom. The van der Waals surface area contributed by atoms with Crippen LogP contribution in [0, 0.1) is 0 Å². The first-order chi connectivity index (χ1) is 15.9. The van der Waals surface area contributed by atoms with Gasteiger partial charge >= 0.3 is 24.3 Å². The number of rotatable bonds is 4. The van der Waals surface area contributed by atoms with Crippen LogP contribution in [0.25, 0.3) is 0 Å². The molecular weight excluding hydrogens is 516 g/mol. The van der Waals surface area contributed by atoms with E-state index in [1.165, 1.54) is 6.26 Å². The third-order valence-corrected chi connectivity index (χ3v) is 5.32. The van der Waals surface area contributed by atoms with Crippen LogP contribution in [0.15, 0.2) is 24.5 Å². The molecule has 3 N–H and O–H groups in total. The molecule has 0 aromatic carbocycles. The molecule has 0 aliphatic carbocycles. The molecule has 0 saturated carbocycles. The molecule has 35 heavy (non-hydrogen) atoms. The lowest BCUT2D eigenvalue weighted by Gasteiger charge is -2.32. The van der Waals surface area contributed by atoms with Crippen molar-refractivity contribution in [3.8, 4) is 0 Å². The summed E-state index contributed by atoms with van der Waals surface area (Å²) in [5.74, 6) is -5.51. The van der Waals surface area contributed by atoms with Crippen molar-refractivity contribution in [3.63, 3.8) is 0 Å². The largest absolute Gasteiger partial charge is 0.490 e. The number of aliphatic carboxylic acids is 2. The monoisotopic (exact) mass is 539 g/mol. The van der Waals surface area contributed by atoms with Gasteiger partial charge in [-0.1, -0.05) is 6.07 Å². The van der Waals surface area contributed by atoms with Crippen LogP contribution in [0.5, 0.6) is 0 Å². The number of nitrogens with zero attached hydrogens (tertiary/aromatic N) is 2. The van der Waals surface area contributed by atoms with Crippen molar-refractivity contribution in [2.24, 2.45) is 0 Å². The van der Waals surface area contributed by atoms with Crippen molar-refractivity contribution < 1.29 is 59.3 Å². The highest BCUT2D eigenvalue weighted by Crippen LogP contribution is 2.30. The van der Waals surface area contributed by atoms with E-state index in [0.717, 1.165) is 24.9 Å². The number of fused-ring (bicyclic) bond motifs is 1. The minimum Gasteiger partial charge on any atom is -0.475 e. The number of carbonyl (C=O) groups is 2. The molecular formula is C18H23F6N3O7S. The summed E-state index contributed by atoms with van der Waals surface area (Å²) in [6.45, 7) is 2.17. The van der Waals surface area contributed by atoms with Gasteiger partial charge in [0.25, 0.3) is 0 Å². The summed E-state index contributed by atoms with van der Waals surface area (Å²) in [6, 6.07) is 4.08. The molecule has 0 spiro atoms. The average Bonchev–Trinajstić information content (AvgIpc) is 3.04. The first-order valence-electron chi connectivity index (χ1n) is 9.74. The molecule has 0 unspecified atom stereocenters. The minimum atomic E-state index is -5.08. The molecule has 10 nitrogen and oxygen atoms in total. The summed E-state index contributed by atoms with van der Waals surface area (Å²) in [5.41, 5.74) is 1.14. The van der Waals surface area contributed by atoms with Gasteiger partial charge in [-0.2, -0.15) is 26.3 Å². The second kappa shape index (κ2) is 12.5. The van der Waals surface area contributed by atoms with Gasteiger partial charge in [-0.15, -0.1) is 0 Å². The molecule has 1 aromatic rings. The highest BCUT2D eigenvalue weighted by molar-refractivity contribution is 7.88. The van der Waals surface area contributed by atoms with Crippen LogP contribution in [0.4, 0.5) is 26.3 Å². The first kappa shape index (κ1) is 30.5. The Balaban J connectivity index is 0.000000362. The summed E-state index contributed by atoms with van der Waals surface area (Å²) < 4.78 is 95.1. The molecule has 0 bridgehead atoms. The quantitative estimate of drug-likeness (QED) is 0.486. The second-order valence-electron chi connectivity index (χ2n) is 7.44. The zero-order valence-electron chi connectivity index (χ0n) is 18.1. The molecule has 3 rings (SSSR count). The Hall–Kier alpha value is -2.50. The lowest BCUT2D eigenvalue weighted by atomic mass is 10.0. The predicted octanol–water partition coefficient (Wildman–Crippen LogP) is 1.63. The SMILES string of the molecule is CS(=O)(=O)N[C@@H]1CN(Cc2cccnc2)[C@@H]2CCCO[C@@H]21.O=C(O)C(F)(F)F.O=C(O)C(F)(F)F. The second-order valence-corrected chi connectivity index (χ2v) is 9.22. The van der Waals surface area contributed by atoms with Gasteiger partial charge < -0.3 is 14.9 Å². The summed E-state index contributed by atoms with van der Waals surface area (Å²) in [4.78, 5) is 24.2. The van der Waals surface area contributed by atoms with Gasteiger partial charge in [-0.3, -0.25) is 9.88 Å². The molecule has 17 heteroatoms. The van der Waals surface area contributed by atoms with Crippen LogP contribution in [-0.4, -0.2) is 90.4 Å². The standard InChI is InChI=1S/C14H21N3O3S.2C2HF3O2/c1-21(18,19)16-12-10-17(9-11-4-2-6-15-8-11)13-5-3-7-20-14(12)13;2*3-2(4,5)1(6)7/h2,4,6,8,12-14,16H,3,5,7,9-10H2,1H3;2*(H,6,7)/t12-,13-,14-;;/m1../s1. The third-order valence-electron chi connectivity index (χ3n) is 4.59. The number of likely N-dealkylation sites (tertiary alicyclic amines) is 1. The van der Waals surface area contributed by atoms with Gasteiger partial charge in [0.05, 0.1) is 18.4 Å². The maximum absolute atomic E-state index is 11.5. The van der Waals surface area contributed by atoms with Crippen molar-refractivity contribution in [1.82, 2.24) is 14.6 Å². The van der Waals surface area contributed by atoms with Crippen molar-refractivity contribution in [2.45, 2.75) is 49.9 Å². The van der Waals surface area contributed by atoms with E-state index in [1.807, 2.05) is 18.3 Å². The van der Waals surface area contributed by atoms with Gasteiger partial charge in [0.1, 0.15) is 0 Å². The number of nitrogens with one attached hydrogen (secondary N) is 1. The van der Waals surface area contributed by atoms with E-state index in [0.29, 0.717) is 13.2 Å². The van der Waals surface area contributed by atoms with E-state index in [-0.39, 0.29) is 18.2 Å². The van der Waals surface area contributed by atoms with E-state index < -0.39 is 34.3 Å². The van der Waals surface area contributed by atoms with Gasteiger partial charge in [0.2, 0.25) is 10.0 Å². The average molecular weight is 539 g/mol. The fourth-order valence-corrected chi connectivity index (χ4v) is 4.10. The number of hydrogen-bond donors (Lipinski definition) is 3. The molecule has 2 fully saturated rings. The fraction of sp³-hybridized carbons (Fsp3) is 0.611. The maximum atomic E-state index is 11.5. The summed E-state index contributed by atoms with van der Waals surface area (Å²) in [5, 5.41) is 14.2. The Labute approximate surface area is 195 Å². The molecule has 3 atom stereocenters. The fourth-order valence-electron chi connectivity index (χ4n) is 3.34. The number of halogens is 6. The summed E-state index contributed by atoms with van der Waals surface area (Å²) in [7, 11) is -3.22. The smallest absolute Gasteiger partial charge is 0.475 e. The van der Waals surface area contributed by atoms with Crippen LogP contribution < -0.4 is 4.72 Å². The number of pyridine rings is 1. The lowest BCUT2D eigenvalue weighted by molar-refractivity contribution is -0.193. The topological polar surface area (TPSA) is 146 Å². The predicted molar refractivity (Wildman–Crippen MR) is 107 cm³/mol. The van der Waals surface area contributed by atoms with Crippen LogP contribution >= 0.6 is 0 Å². The minimum absolute atomic E-state index is 0.0508. The Kier molecular flexibility index (Phi) is 10.9. The number of hydrogen-bond acceptors (Lipinski definition) is 7. The van der Waals surface area contributed by atoms with Crippen LogP contribution in [0.2, 0.25) is 0 Å². The number of ether oxygens (including phenoxy) is 1. The molecule has 2 aliphatic heterocycles. The van der Waals surface area contributed by atoms with Crippen molar-refractivity contribution in [3.05, 3.63) is 30.1 Å². The van der Waals surface area contributed by atoms with Gasteiger partial charge in [-0.25, -0.2) is 22.7 Å². The number of sulfonamides is 1. The molecule has 2 aliphatic rings. The summed E-state index contributed by atoms with van der Waals surface area (Å²) in [6.07, 6.45) is -3.33. The Morgan fingerprint density at radius 2 is 1.71 bits per heavy atom. The van der Waals surface area contributed by atoms with Gasteiger partial charge in [-0.05, 0) is 24.5 Å². The zero-order chi connectivity index (χ0) is 27.0. The molecule has 3 heterocycles. The number of alkyl halides is 6. The molecule has 2 saturated heterocycles. The number of aromatic nitrogens is 1. The van der Waals surface area contributed by atoms with Gasteiger partial charge in [0.15, 0.2) is 0 Å². The first-order valence-corrected chi connectivity index (χ1v) is 11.6. The van der Waals surface area contributed by atoms with E-state index in [1.54, 1.807) is 6.20 Å². The molecule has 0 amide bonds. The van der Waals surface area contributed by atoms with Crippen LogP contribution in [-0.2, 0) is 30.9 Å². The van der Waals surface area contributed by atoms with E-state index >= 15 is 0 Å². The van der Waals surface area contributed by atoms with E-state index in [4.69, 9.17) is 24.5 Å². The summed E-state index contributed by atoms with van der Waals surface area (Å²) >= 11 is 0. The molecule has 1 aromatic heterocycles. The van der Waals surface area contributed by atoms with Crippen molar-refractivity contribution in [2.75, 3.05) is 19.4 Å². The number of carboxylic acid groups (broad SMARTS) is 2. The number of carboxylic acids is 2. The highest BCUT2D eigenvalue weighted by Gasteiger charge is 2.44. The van der Waals surface area contributed by atoms with Crippen molar-refractivity contribution >= 4 is 22.0 Å². The van der Waals surface area contributed by atoms with Crippen LogP contribution in [0.1, 0.15) is 18.4 Å². The Morgan fingerprint density at radius 3 is 2.14 bits per heavy atom. The van der Waals surface area contributed by atoms with E-state index in [9.17, 15) is 34.8 Å². The van der Waals surface area contributed by atoms with Crippen LogP contribution in [0.3, 0.4) is 0 Å². The lowest BCUT2D eigenvalue weighted by Crippen LogP contribution is -2.47. The molecule has 0 radical (unpaired) electrons. The zero-order valence-corrected chi connectivity index (χ0v) is 18.9. The highest BCUT2D eigenvalue weighted by atomic mass is 32.2. The van der Waals surface area contributed by atoms with Gasteiger partial charge in [0, 0.05) is 38.1 Å². The van der Waals surface area contributed by atoms with Crippen molar-refractivity contribution in [1.29, 1.82) is 0 Å². The third kappa shape index (κ3) is 11.2. The maximum Gasteiger partial charge on any atom is 0.490 e. The Bertz CT molecular complexity index is 920. The molecule has 200 valence electrons. The van der Waals surface area contributed by atoms with E-state index in [2.05, 4.69) is 14.6 Å².